The zero-order valence-electron chi connectivity index (χ0n) is 15.4. The van der Waals surface area contributed by atoms with Gasteiger partial charge in [0.15, 0.2) is 18.1 Å². The molecule has 4 amide bonds. The number of rotatable bonds is 6. The number of methoxy groups -OCH3 is 1. The molecule has 8 nitrogen and oxygen atoms in total. The van der Waals surface area contributed by atoms with E-state index in [0.717, 1.165) is 4.90 Å². The highest BCUT2D eigenvalue weighted by molar-refractivity contribution is 6.13. The molecule has 1 heterocycles. The van der Waals surface area contributed by atoms with E-state index in [0.29, 0.717) is 22.7 Å². The molecule has 0 aromatic heterocycles. The van der Waals surface area contributed by atoms with Crippen LogP contribution in [0.15, 0.2) is 54.2 Å². The number of para-hydroxylation sites is 1. The van der Waals surface area contributed by atoms with Crippen molar-refractivity contribution in [2.45, 2.75) is 0 Å². The molecule has 2 N–H and O–H groups in total. The minimum absolute atomic E-state index is 0.172. The van der Waals surface area contributed by atoms with Crippen molar-refractivity contribution in [1.82, 2.24) is 10.2 Å². The van der Waals surface area contributed by atoms with Gasteiger partial charge in [-0.25, -0.2) is 4.79 Å². The van der Waals surface area contributed by atoms with E-state index in [4.69, 9.17) is 9.47 Å². The van der Waals surface area contributed by atoms with Crippen molar-refractivity contribution < 1.29 is 23.9 Å². The molecule has 0 spiro atoms. The maximum atomic E-state index is 12.0. The summed E-state index contributed by atoms with van der Waals surface area (Å²) in [5.74, 6) is 0.0578. The van der Waals surface area contributed by atoms with Crippen LogP contribution in [0.25, 0.3) is 6.08 Å². The molecule has 2 aromatic carbocycles. The average molecular weight is 381 g/mol. The van der Waals surface area contributed by atoms with E-state index < -0.39 is 11.9 Å². The van der Waals surface area contributed by atoms with Crippen LogP contribution >= 0.6 is 0 Å². The number of nitrogens with zero attached hydrogens (tertiary/aromatic N) is 1. The molecule has 1 aliphatic heterocycles. The first kappa shape index (κ1) is 19.0. The number of carbonyl (C=O) groups is 3. The van der Waals surface area contributed by atoms with E-state index in [2.05, 4.69) is 10.6 Å². The van der Waals surface area contributed by atoms with Gasteiger partial charge in [0.1, 0.15) is 5.70 Å². The van der Waals surface area contributed by atoms with Crippen molar-refractivity contribution >= 4 is 29.6 Å². The number of urea groups is 1. The van der Waals surface area contributed by atoms with Crippen molar-refractivity contribution in [1.29, 1.82) is 0 Å². The first-order valence-electron chi connectivity index (χ1n) is 8.44. The summed E-state index contributed by atoms with van der Waals surface area (Å²) in [6, 6.07) is 13.6. The predicted octanol–water partition coefficient (Wildman–Crippen LogP) is 2.24. The van der Waals surface area contributed by atoms with Crippen molar-refractivity contribution in [2.75, 3.05) is 26.1 Å². The normalized spacial score (nSPS) is 14.8. The van der Waals surface area contributed by atoms with Crippen LogP contribution in [-0.4, -0.2) is 43.5 Å². The van der Waals surface area contributed by atoms with Crippen LogP contribution in [0.2, 0.25) is 0 Å². The van der Waals surface area contributed by atoms with Crippen molar-refractivity contribution in [3.63, 3.8) is 0 Å². The van der Waals surface area contributed by atoms with Gasteiger partial charge in [0.05, 0.1) is 7.11 Å². The van der Waals surface area contributed by atoms with Crippen molar-refractivity contribution in [3.05, 3.63) is 59.8 Å². The Morgan fingerprint density at radius 2 is 1.89 bits per heavy atom. The molecule has 1 aliphatic rings. The van der Waals surface area contributed by atoms with Gasteiger partial charge in [-0.15, -0.1) is 0 Å². The van der Waals surface area contributed by atoms with Crippen LogP contribution in [0.4, 0.5) is 10.5 Å². The maximum Gasteiger partial charge on any atom is 0.328 e. The second kappa shape index (κ2) is 8.26. The molecule has 0 unspecified atom stereocenters. The standard InChI is InChI=1S/C20H19N3O5/c1-23-19(25)15(22-20(23)26)10-13-8-9-16(17(11-13)27-2)28-12-18(24)21-14-6-4-3-5-7-14/h3-11H,12H2,1-2H3,(H,21,24)(H,22,26)/b15-10+. The zero-order valence-corrected chi connectivity index (χ0v) is 15.4. The molecule has 0 radical (unpaired) electrons. The number of imide groups is 1. The van der Waals surface area contributed by atoms with Gasteiger partial charge in [-0.05, 0) is 35.9 Å². The SMILES string of the molecule is COc1cc(/C=C2/NC(=O)N(C)C2=O)ccc1OCC(=O)Nc1ccccc1. The minimum Gasteiger partial charge on any atom is -0.493 e. The Morgan fingerprint density at radius 3 is 2.54 bits per heavy atom. The quantitative estimate of drug-likeness (QED) is 0.591. The zero-order chi connectivity index (χ0) is 20.1. The van der Waals surface area contributed by atoms with Gasteiger partial charge in [-0.1, -0.05) is 24.3 Å². The highest BCUT2D eigenvalue weighted by Crippen LogP contribution is 2.29. The molecule has 0 saturated carbocycles. The average Bonchev–Trinajstić information content (AvgIpc) is 2.94. The van der Waals surface area contributed by atoms with E-state index in [-0.39, 0.29) is 18.2 Å². The van der Waals surface area contributed by atoms with E-state index in [1.807, 2.05) is 18.2 Å². The number of likely N-dealkylation sites (N-methyl/N-ethyl adjacent to an activating group) is 1. The van der Waals surface area contributed by atoms with E-state index in [9.17, 15) is 14.4 Å². The molecule has 1 fully saturated rings. The minimum atomic E-state index is -0.479. The summed E-state index contributed by atoms with van der Waals surface area (Å²) in [6.07, 6.45) is 1.54. The Morgan fingerprint density at radius 1 is 1.14 bits per heavy atom. The first-order chi connectivity index (χ1) is 13.5. The summed E-state index contributed by atoms with van der Waals surface area (Å²) in [4.78, 5) is 36.5. The van der Waals surface area contributed by atoms with Gasteiger partial charge < -0.3 is 20.1 Å². The van der Waals surface area contributed by atoms with Gasteiger partial charge >= 0.3 is 6.03 Å². The second-order valence-corrected chi connectivity index (χ2v) is 5.97. The summed E-state index contributed by atoms with van der Waals surface area (Å²) in [7, 11) is 2.87. The lowest BCUT2D eigenvalue weighted by atomic mass is 10.1. The Labute approximate surface area is 161 Å². The summed E-state index contributed by atoms with van der Waals surface area (Å²) in [6.45, 7) is -0.189. The molecule has 144 valence electrons. The molecule has 0 atom stereocenters. The second-order valence-electron chi connectivity index (χ2n) is 5.97. The van der Waals surface area contributed by atoms with Gasteiger partial charge in [0.25, 0.3) is 11.8 Å². The van der Waals surface area contributed by atoms with Crippen LogP contribution in [0.3, 0.4) is 0 Å². The fourth-order valence-electron chi connectivity index (χ4n) is 2.54. The van der Waals surface area contributed by atoms with Crippen LogP contribution in [0.5, 0.6) is 11.5 Å². The van der Waals surface area contributed by atoms with Crippen molar-refractivity contribution in [3.8, 4) is 11.5 Å². The third kappa shape index (κ3) is 4.29. The predicted molar refractivity (Wildman–Crippen MR) is 103 cm³/mol. The smallest absolute Gasteiger partial charge is 0.328 e. The topological polar surface area (TPSA) is 97.0 Å². The Hall–Kier alpha value is -3.81. The number of hydrogen-bond donors (Lipinski definition) is 2. The Kier molecular flexibility index (Phi) is 5.59. The van der Waals surface area contributed by atoms with Gasteiger partial charge in [0.2, 0.25) is 0 Å². The van der Waals surface area contributed by atoms with E-state index >= 15 is 0 Å². The third-order valence-corrected chi connectivity index (χ3v) is 4.00. The highest BCUT2D eigenvalue weighted by atomic mass is 16.5. The summed E-state index contributed by atoms with van der Waals surface area (Å²) >= 11 is 0. The number of hydrogen-bond acceptors (Lipinski definition) is 5. The van der Waals surface area contributed by atoms with Gasteiger partial charge in [-0.3, -0.25) is 14.5 Å². The van der Waals surface area contributed by atoms with Crippen molar-refractivity contribution in [2.24, 2.45) is 0 Å². The fraction of sp³-hybridized carbons (Fsp3) is 0.150. The lowest BCUT2D eigenvalue weighted by molar-refractivity contribution is -0.122. The number of carbonyl (C=O) groups excluding carboxylic acids is 3. The monoisotopic (exact) mass is 381 g/mol. The number of benzene rings is 2. The summed E-state index contributed by atoms with van der Waals surface area (Å²) in [5.41, 5.74) is 1.49. The molecule has 1 saturated heterocycles. The molecular weight excluding hydrogens is 362 g/mol. The summed E-state index contributed by atoms with van der Waals surface area (Å²) < 4.78 is 10.8. The van der Waals surface area contributed by atoms with Crippen LogP contribution < -0.4 is 20.1 Å². The highest BCUT2D eigenvalue weighted by Gasteiger charge is 2.29. The molecule has 0 aliphatic carbocycles. The molecule has 2 aromatic rings. The molecular formula is C20H19N3O5. The lowest BCUT2D eigenvalue weighted by Crippen LogP contribution is -2.25. The molecule has 3 rings (SSSR count). The van der Waals surface area contributed by atoms with E-state index in [1.165, 1.54) is 20.2 Å². The lowest BCUT2D eigenvalue weighted by Gasteiger charge is -2.11. The van der Waals surface area contributed by atoms with E-state index in [1.54, 1.807) is 30.3 Å². The van der Waals surface area contributed by atoms with Crippen LogP contribution in [0, 0.1) is 0 Å². The Bertz CT molecular complexity index is 940. The van der Waals surface area contributed by atoms with Crippen LogP contribution in [0.1, 0.15) is 5.56 Å². The Balaban J connectivity index is 1.67. The third-order valence-electron chi connectivity index (χ3n) is 4.00. The number of anilines is 1. The molecule has 8 heteroatoms. The first-order valence-corrected chi connectivity index (χ1v) is 8.44. The number of nitrogens with one attached hydrogen (secondary N) is 2. The molecule has 28 heavy (non-hydrogen) atoms. The van der Waals surface area contributed by atoms with Crippen LogP contribution in [-0.2, 0) is 9.59 Å². The maximum absolute atomic E-state index is 12.0. The largest absolute Gasteiger partial charge is 0.493 e. The van der Waals surface area contributed by atoms with Gasteiger partial charge in [0, 0.05) is 12.7 Å². The van der Waals surface area contributed by atoms with Gasteiger partial charge in [-0.2, -0.15) is 0 Å². The molecule has 0 bridgehead atoms. The number of amides is 4. The summed E-state index contributed by atoms with van der Waals surface area (Å²) in [5, 5.41) is 5.22. The fourth-order valence-corrected chi connectivity index (χ4v) is 2.54. The number of ether oxygens (including phenoxy) is 2.